The van der Waals surface area contributed by atoms with Gasteiger partial charge in [0.25, 0.3) is 0 Å². The molecule has 4 heterocycles. The molecule has 10 nitrogen and oxygen atoms in total. The van der Waals surface area contributed by atoms with Crippen LogP contribution >= 0.6 is 0 Å². The fourth-order valence-corrected chi connectivity index (χ4v) is 5.71. The molecule has 14 heteroatoms. The molecule has 1 amide bonds. The van der Waals surface area contributed by atoms with E-state index < -0.39 is 23.6 Å². The van der Waals surface area contributed by atoms with Gasteiger partial charge in [0.15, 0.2) is 5.82 Å². The van der Waals surface area contributed by atoms with Crippen LogP contribution in [0.15, 0.2) is 25.0 Å². The van der Waals surface area contributed by atoms with Crippen molar-refractivity contribution in [2.75, 3.05) is 69.3 Å². The number of aromatic nitrogens is 3. The summed E-state index contributed by atoms with van der Waals surface area (Å²) in [5, 5.41) is 0. The van der Waals surface area contributed by atoms with Gasteiger partial charge in [-0.2, -0.15) is 23.1 Å². The van der Waals surface area contributed by atoms with Crippen LogP contribution in [0.4, 0.5) is 29.1 Å². The zero-order valence-corrected chi connectivity index (χ0v) is 24.0. The normalized spacial score (nSPS) is 18.8. The average Bonchev–Trinajstić information content (AvgIpc) is 3.79. The minimum Gasteiger partial charge on any atom is -0.462 e. The van der Waals surface area contributed by atoms with Crippen LogP contribution in [-0.4, -0.2) is 96.2 Å². The van der Waals surface area contributed by atoms with Gasteiger partial charge in [0.05, 0.1) is 30.3 Å². The summed E-state index contributed by atoms with van der Waals surface area (Å²) < 4.78 is 61.8. The number of carbonyl (C=O) groups excluding carboxylic acids is 1. The molecule has 0 aromatic carbocycles. The summed E-state index contributed by atoms with van der Waals surface area (Å²) in [5.74, 6) is -0.398. The Balaban J connectivity index is 1.44. The van der Waals surface area contributed by atoms with Crippen LogP contribution < -0.4 is 14.5 Å². The zero-order valence-electron chi connectivity index (χ0n) is 24.0. The van der Waals surface area contributed by atoms with Gasteiger partial charge < -0.3 is 29.2 Å². The third kappa shape index (κ3) is 6.98. The highest BCUT2D eigenvalue weighted by atomic mass is 19.4. The summed E-state index contributed by atoms with van der Waals surface area (Å²) in [6.45, 7) is 14.3. The van der Waals surface area contributed by atoms with Crippen molar-refractivity contribution >= 4 is 17.4 Å². The number of nitrogens with zero attached hydrogens (tertiary/aromatic N) is 8. The lowest BCUT2D eigenvalue weighted by molar-refractivity contribution is -0.139. The summed E-state index contributed by atoms with van der Waals surface area (Å²) in [6, 6.07) is -0.300. The van der Waals surface area contributed by atoms with Crippen LogP contribution in [0, 0.1) is 18.3 Å². The van der Waals surface area contributed by atoms with Crippen molar-refractivity contribution < 1.29 is 27.1 Å². The summed E-state index contributed by atoms with van der Waals surface area (Å²) in [5.41, 5.74) is -0.490. The lowest BCUT2D eigenvalue weighted by Gasteiger charge is -2.41. The van der Waals surface area contributed by atoms with E-state index in [-0.39, 0.29) is 37.2 Å². The predicted octanol–water partition coefficient (Wildman–Crippen LogP) is 3.44. The number of piperazine rings is 1. The molecular formula is C29H34F4N8O2. The Morgan fingerprint density at radius 3 is 2.72 bits per heavy atom. The number of pyridine rings is 1. The molecule has 230 valence electrons. The van der Waals surface area contributed by atoms with E-state index >= 15 is 0 Å². The van der Waals surface area contributed by atoms with E-state index in [9.17, 15) is 22.4 Å². The van der Waals surface area contributed by atoms with Crippen molar-refractivity contribution in [3.63, 3.8) is 0 Å². The van der Waals surface area contributed by atoms with Gasteiger partial charge in [0.2, 0.25) is 12.5 Å². The van der Waals surface area contributed by atoms with E-state index in [4.69, 9.17) is 16.3 Å². The molecule has 2 aliphatic heterocycles. The monoisotopic (exact) mass is 602 g/mol. The molecule has 5 rings (SSSR count). The maximum atomic E-state index is 14.3. The molecular weight excluding hydrogens is 568 g/mol. The van der Waals surface area contributed by atoms with Crippen molar-refractivity contribution in [3.05, 3.63) is 59.1 Å². The number of hydrogen-bond donors (Lipinski definition) is 0. The Bertz CT molecular complexity index is 1390. The van der Waals surface area contributed by atoms with Crippen LogP contribution in [0.5, 0.6) is 6.01 Å². The second-order valence-electron chi connectivity index (χ2n) is 11.2. The molecule has 0 spiro atoms. The van der Waals surface area contributed by atoms with Crippen molar-refractivity contribution in [3.8, 4) is 6.01 Å². The Morgan fingerprint density at radius 2 is 2.02 bits per heavy atom. The second-order valence-corrected chi connectivity index (χ2v) is 11.2. The Kier molecular flexibility index (Phi) is 9.00. The highest BCUT2D eigenvalue weighted by molar-refractivity contribution is 5.87. The molecule has 2 fully saturated rings. The van der Waals surface area contributed by atoms with Crippen LogP contribution in [0.2, 0.25) is 0 Å². The number of amides is 1. The molecule has 0 bridgehead atoms. The summed E-state index contributed by atoms with van der Waals surface area (Å²) >= 11 is 0. The Labute approximate surface area is 247 Å². The molecule has 1 aliphatic carbocycles. The van der Waals surface area contributed by atoms with Crippen molar-refractivity contribution in [1.82, 2.24) is 24.8 Å². The van der Waals surface area contributed by atoms with Crippen LogP contribution in [0.25, 0.3) is 4.85 Å². The number of hydrogen-bond acceptors (Lipinski definition) is 8. The molecule has 0 unspecified atom stereocenters. The van der Waals surface area contributed by atoms with Gasteiger partial charge >= 0.3 is 12.2 Å². The number of fused-ring (bicyclic) bond motifs is 1. The van der Waals surface area contributed by atoms with Gasteiger partial charge in [-0.1, -0.05) is 6.58 Å². The lowest BCUT2D eigenvalue weighted by atomic mass is 10.0. The Morgan fingerprint density at radius 1 is 1.23 bits per heavy atom. The van der Waals surface area contributed by atoms with E-state index in [1.54, 1.807) is 4.90 Å². The zero-order chi connectivity index (χ0) is 30.7. The largest absolute Gasteiger partial charge is 0.462 e. The van der Waals surface area contributed by atoms with E-state index in [2.05, 4.69) is 26.3 Å². The molecule has 1 saturated carbocycles. The van der Waals surface area contributed by atoms with Gasteiger partial charge in [0, 0.05) is 44.8 Å². The minimum absolute atomic E-state index is 0.0304. The molecule has 2 aromatic heterocycles. The number of alkyl halides is 3. The van der Waals surface area contributed by atoms with Crippen LogP contribution in [0.1, 0.15) is 29.7 Å². The number of likely N-dealkylation sites (N-methyl/N-ethyl adjacent to an activating group) is 1. The minimum atomic E-state index is -4.90. The van der Waals surface area contributed by atoms with Gasteiger partial charge in [-0.15, -0.1) is 0 Å². The fraction of sp³-hybridized carbons (Fsp3) is 0.552. The maximum Gasteiger partial charge on any atom is 0.421 e. The summed E-state index contributed by atoms with van der Waals surface area (Å²) in [6.07, 6.45) is 0.676. The first-order valence-corrected chi connectivity index (χ1v) is 14.3. The molecule has 1 atom stereocenters. The van der Waals surface area contributed by atoms with Gasteiger partial charge in [-0.25, -0.2) is 11.0 Å². The topological polar surface area (TPSA) is 82.3 Å². The third-order valence-electron chi connectivity index (χ3n) is 8.04. The summed E-state index contributed by atoms with van der Waals surface area (Å²) in [7, 11) is 2.02. The van der Waals surface area contributed by atoms with Crippen LogP contribution in [-0.2, 0) is 23.9 Å². The number of rotatable bonds is 10. The van der Waals surface area contributed by atoms with Crippen molar-refractivity contribution in [2.24, 2.45) is 5.92 Å². The fourth-order valence-electron chi connectivity index (χ4n) is 5.71. The maximum absolute atomic E-state index is 14.3. The first-order chi connectivity index (χ1) is 20.6. The van der Waals surface area contributed by atoms with E-state index in [0.717, 1.165) is 24.2 Å². The van der Waals surface area contributed by atoms with Crippen LogP contribution in [0.3, 0.4) is 0 Å². The second kappa shape index (κ2) is 12.7. The SMILES string of the molecule is [C-]#[N+]C[C@H]1CN(c2nc(OCCN(C)CC3CC3)nc3c2CCN(c2cncc(F)c2C(F)(F)F)C3)CCN1C(=O)C=C. The quantitative estimate of drug-likeness (QED) is 0.233. The highest BCUT2D eigenvalue weighted by Gasteiger charge is 2.40. The molecule has 43 heavy (non-hydrogen) atoms. The third-order valence-corrected chi connectivity index (χ3v) is 8.04. The number of anilines is 2. The smallest absolute Gasteiger partial charge is 0.421 e. The first kappa shape index (κ1) is 30.5. The molecule has 3 aliphatic rings. The number of halogens is 4. The molecule has 2 aromatic rings. The number of ether oxygens (including phenoxy) is 1. The average molecular weight is 603 g/mol. The molecule has 1 saturated heterocycles. The van der Waals surface area contributed by atoms with E-state index in [1.165, 1.54) is 23.8 Å². The summed E-state index contributed by atoms with van der Waals surface area (Å²) in [4.78, 5) is 36.2. The standard InChI is InChI=1S/C29H34F4N8O2/c1-4-25(42)41-10-9-40(17-20(41)13-34-2)27-21-7-8-39(24-15-35-14-22(30)26(24)29(31,32)33)18-23(21)36-28(37-27)43-12-11-38(3)16-19-5-6-19/h4,14-15,19-20H,1,5-13,16-18H2,3H3/t20-/m0/s1. The van der Waals surface area contributed by atoms with Crippen molar-refractivity contribution in [1.29, 1.82) is 0 Å². The predicted molar refractivity (Wildman–Crippen MR) is 151 cm³/mol. The van der Waals surface area contributed by atoms with Gasteiger partial charge in [-0.05, 0) is 38.3 Å². The first-order valence-electron chi connectivity index (χ1n) is 14.3. The molecule has 0 N–H and O–H groups in total. The van der Waals surface area contributed by atoms with E-state index in [0.29, 0.717) is 56.9 Å². The van der Waals surface area contributed by atoms with Gasteiger partial charge in [-0.3, -0.25) is 9.78 Å². The van der Waals surface area contributed by atoms with E-state index in [1.807, 2.05) is 11.9 Å². The van der Waals surface area contributed by atoms with Crippen molar-refractivity contribution in [2.45, 2.75) is 38.0 Å². The number of carbonyl (C=O) groups is 1. The van der Waals surface area contributed by atoms with Gasteiger partial charge in [0.1, 0.15) is 24.0 Å². The Hall–Kier alpha value is -3.99. The highest BCUT2D eigenvalue weighted by Crippen LogP contribution is 2.40. The molecule has 0 radical (unpaired) electrons. The lowest BCUT2D eigenvalue weighted by Crippen LogP contribution is -2.56.